The molecular formula is C16H20BrFN2S. The van der Waals surface area contributed by atoms with Gasteiger partial charge in [0, 0.05) is 14.9 Å². The molecule has 1 unspecified atom stereocenters. The van der Waals surface area contributed by atoms with Crippen LogP contribution in [0.25, 0.3) is 0 Å². The molecule has 0 amide bonds. The lowest BCUT2D eigenvalue weighted by atomic mass is 10.1. The van der Waals surface area contributed by atoms with Crippen molar-refractivity contribution in [3.63, 3.8) is 0 Å². The third-order valence-corrected chi connectivity index (χ3v) is 4.93. The minimum Gasteiger partial charge on any atom is -0.304 e. The molecule has 0 radical (unpaired) electrons. The first-order valence-electron chi connectivity index (χ1n) is 7.21. The van der Waals surface area contributed by atoms with E-state index in [2.05, 4.69) is 42.0 Å². The van der Waals surface area contributed by atoms with Crippen LogP contribution in [0.4, 0.5) is 4.39 Å². The standard InChI is InChI=1S/C16H20BrFN2S/c1-4-8-19-15(12-9-11(17)6-7-13(12)18)16-20-14(5-2)10(3)21-16/h6-7,9,15,19H,4-5,8H2,1-3H3. The molecule has 0 bridgehead atoms. The quantitative estimate of drug-likeness (QED) is 0.773. The van der Waals surface area contributed by atoms with Crippen molar-refractivity contribution in [1.82, 2.24) is 10.3 Å². The van der Waals surface area contributed by atoms with E-state index in [0.717, 1.165) is 34.6 Å². The monoisotopic (exact) mass is 370 g/mol. The first kappa shape index (κ1) is 16.6. The Morgan fingerprint density at radius 2 is 2.14 bits per heavy atom. The number of benzene rings is 1. The summed E-state index contributed by atoms with van der Waals surface area (Å²) in [5.74, 6) is -0.197. The van der Waals surface area contributed by atoms with Gasteiger partial charge in [-0.05, 0) is 44.5 Å². The van der Waals surface area contributed by atoms with E-state index in [1.807, 2.05) is 6.07 Å². The summed E-state index contributed by atoms with van der Waals surface area (Å²) in [6, 6.07) is 4.87. The second-order valence-corrected chi connectivity index (χ2v) is 7.11. The van der Waals surface area contributed by atoms with Crippen molar-refractivity contribution < 1.29 is 4.39 Å². The highest BCUT2D eigenvalue weighted by Gasteiger charge is 2.22. The van der Waals surface area contributed by atoms with Crippen molar-refractivity contribution in [2.75, 3.05) is 6.54 Å². The van der Waals surface area contributed by atoms with Gasteiger partial charge in [0.25, 0.3) is 0 Å². The van der Waals surface area contributed by atoms with Crippen LogP contribution in [0.3, 0.4) is 0 Å². The summed E-state index contributed by atoms with van der Waals surface area (Å²) < 4.78 is 15.1. The second kappa shape index (κ2) is 7.47. The Kier molecular flexibility index (Phi) is 5.90. The zero-order valence-corrected chi connectivity index (χ0v) is 14.9. The van der Waals surface area contributed by atoms with Gasteiger partial charge in [-0.1, -0.05) is 29.8 Å². The topological polar surface area (TPSA) is 24.9 Å². The summed E-state index contributed by atoms with van der Waals surface area (Å²) in [6.45, 7) is 7.11. The Morgan fingerprint density at radius 3 is 2.76 bits per heavy atom. The average Bonchev–Trinajstić information content (AvgIpc) is 2.84. The van der Waals surface area contributed by atoms with Crippen molar-refractivity contribution in [2.45, 2.75) is 39.7 Å². The number of nitrogens with one attached hydrogen (secondary N) is 1. The highest BCUT2D eigenvalue weighted by Crippen LogP contribution is 2.31. The SMILES string of the molecule is CCCNC(c1nc(CC)c(C)s1)c1cc(Br)ccc1F. The smallest absolute Gasteiger partial charge is 0.128 e. The van der Waals surface area contributed by atoms with Gasteiger partial charge in [0.05, 0.1) is 11.7 Å². The van der Waals surface area contributed by atoms with Crippen LogP contribution in [0.1, 0.15) is 47.5 Å². The van der Waals surface area contributed by atoms with Gasteiger partial charge in [-0.15, -0.1) is 11.3 Å². The largest absolute Gasteiger partial charge is 0.304 e. The maximum Gasteiger partial charge on any atom is 0.128 e. The number of rotatable bonds is 6. The molecule has 1 aromatic carbocycles. The molecule has 5 heteroatoms. The Morgan fingerprint density at radius 1 is 1.38 bits per heavy atom. The Balaban J connectivity index is 2.44. The summed E-state index contributed by atoms with van der Waals surface area (Å²) in [5.41, 5.74) is 1.75. The molecular weight excluding hydrogens is 351 g/mol. The van der Waals surface area contributed by atoms with Gasteiger partial charge < -0.3 is 5.32 Å². The lowest BCUT2D eigenvalue weighted by Crippen LogP contribution is -2.24. The van der Waals surface area contributed by atoms with E-state index in [4.69, 9.17) is 4.98 Å². The number of aromatic nitrogens is 1. The molecule has 2 rings (SSSR count). The van der Waals surface area contributed by atoms with Crippen molar-refractivity contribution in [3.05, 3.63) is 49.6 Å². The van der Waals surface area contributed by atoms with Crippen LogP contribution in [0, 0.1) is 12.7 Å². The number of hydrogen-bond acceptors (Lipinski definition) is 3. The molecule has 114 valence electrons. The van der Waals surface area contributed by atoms with E-state index in [1.165, 1.54) is 10.9 Å². The van der Waals surface area contributed by atoms with Crippen LogP contribution in [0.2, 0.25) is 0 Å². The summed E-state index contributed by atoms with van der Waals surface area (Å²) in [5, 5.41) is 4.36. The molecule has 0 saturated carbocycles. The molecule has 0 aliphatic heterocycles. The lowest BCUT2D eigenvalue weighted by molar-refractivity contribution is 0.544. The molecule has 21 heavy (non-hydrogen) atoms. The minimum atomic E-state index is -0.197. The third-order valence-electron chi connectivity index (χ3n) is 3.36. The maximum atomic E-state index is 14.2. The molecule has 1 aromatic heterocycles. The fraction of sp³-hybridized carbons (Fsp3) is 0.438. The van der Waals surface area contributed by atoms with Gasteiger partial charge in [-0.3, -0.25) is 0 Å². The van der Waals surface area contributed by atoms with Gasteiger partial charge in [0.1, 0.15) is 10.8 Å². The maximum absolute atomic E-state index is 14.2. The predicted octanol–water partition coefficient (Wildman–Crippen LogP) is 5.00. The van der Waals surface area contributed by atoms with Crippen LogP contribution >= 0.6 is 27.3 Å². The molecule has 1 N–H and O–H groups in total. The molecule has 1 heterocycles. The first-order chi connectivity index (χ1) is 10.1. The summed E-state index contributed by atoms with van der Waals surface area (Å²) in [6.07, 6.45) is 1.90. The number of thiazole rings is 1. The number of nitrogens with zero attached hydrogens (tertiary/aromatic N) is 1. The van der Waals surface area contributed by atoms with Crippen molar-refractivity contribution in [3.8, 4) is 0 Å². The lowest BCUT2D eigenvalue weighted by Gasteiger charge is -2.17. The van der Waals surface area contributed by atoms with E-state index in [0.29, 0.717) is 5.56 Å². The Labute approximate surface area is 137 Å². The molecule has 2 nitrogen and oxygen atoms in total. The van der Waals surface area contributed by atoms with Crippen LogP contribution in [0.5, 0.6) is 0 Å². The third kappa shape index (κ3) is 3.90. The molecule has 2 aromatic rings. The Bertz CT molecular complexity index is 612. The van der Waals surface area contributed by atoms with Crippen molar-refractivity contribution >= 4 is 27.3 Å². The van der Waals surface area contributed by atoms with Crippen LogP contribution in [-0.2, 0) is 6.42 Å². The van der Waals surface area contributed by atoms with Gasteiger partial charge >= 0.3 is 0 Å². The molecule has 0 saturated heterocycles. The molecule has 0 aliphatic rings. The van der Waals surface area contributed by atoms with Crippen molar-refractivity contribution in [1.29, 1.82) is 0 Å². The zero-order valence-electron chi connectivity index (χ0n) is 12.5. The number of hydrogen-bond donors (Lipinski definition) is 1. The predicted molar refractivity (Wildman–Crippen MR) is 90.5 cm³/mol. The molecule has 1 atom stereocenters. The first-order valence-corrected chi connectivity index (χ1v) is 8.82. The van der Waals surface area contributed by atoms with Gasteiger partial charge in [0.15, 0.2) is 0 Å². The van der Waals surface area contributed by atoms with Gasteiger partial charge in [0.2, 0.25) is 0 Å². The van der Waals surface area contributed by atoms with Crippen molar-refractivity contribution in [2.24, 2.45) is 0 Å². The normalized spacial score (nSPS) is 12.6. The fourth-order valence-electron chi connectivity index (χ4n) is 2.26. The summed E-state index contributed by atoms with van der Waals surface area (Å²) >= 11 is 5.08. The van der Waals surface area contributed by atoms with Gasteiger partial charge in [-0.25, -0.2) is 9.37 Å². The van der Waals surface area contributed by atoms with Crippen LogP contribution in [0.15, 0.2) is 22.7 Å². The molecule has 0 spiro atoms. The van der Waals surface area contributed by atoms with E-state index in [9.17, 15) is 4.39 Å². The molecule has 0 fully saturated rings. The van der Waals surface area contributed by atoms with Crippen LogP contribution in [-0.4, -0.2) is 11.5 Å². The van der Waals surface area contributed by atoms with E-state index >= 15 is 0 Å². The minimum absolute atomic E-state index is 0.188. The fourth-order valence-corrected chi connectivity index (χ4v) is 3.74. The van der Waals surface area contributed by atoms with Crippen LogP contribution < -0.4 is 5.32 Å². The zero-order chi connectivity index (χ0) is 15.4. The average molecular weight is 371 g/mol. The number of aryl methyl sites for hydroxylation is 2. The number of halogens is 2. The summed E-state index contributed by atoms with van der Waals surface area (Å²) in [4.78, 5) is 5.92. The summed E-state index contributed by atoms with van der Waals surface area (Å²) in [7, 11) is 0. The van der Waals surface area contributed by atoms with E-state index in [-0.39, 0.29) is 11.9 Å². The van der Waals surface area contributed by atoms with Gasteiger partial charge in [-0.2, -0.15) is 0 Å². The highest BCUT2D eigenvalue weighted by atomic mass is 79.9. The van der Waals surface area contributed by atoms with E-state index in [1.54, 1.807) is 17.4 Å². The van der Waals surface area contributed by atoms with E-state index < -0.39 is 0 Å². The second-order valence-electron chi connectivity index (χ2n) is 4.96. The highest BCUT2D eigenvalue weighted by molar-refractivity contribution is 9.10. The Hall–Kier alpha value is -0.780. The molecule has 0 aliphatic carbocycles.